The average Bonchev–Trinajstić information content (AvgIpc) is 3.41. The number of hydrogen-bond acceptors (Lipinski definition) is 7. The Bertz CT molecular complexity index is 1450. The smallest absolute Gasteiger partial charge is 0.306 e. The van der Waals surface area contributed by atoms with E-state index in [-0.39, 0.29) is 31.5 Å². The summed E-state index contributed by atoms with van der Waals surface area (Å²) in [6.45, 7) is 6.87. The van der Waals surface area contributed by atoms with Gasteiger partial charge in [-0.05, 0) is 83.1 Å². The van der Waals surface area contributed by atoms with E-state index in [0.29, 0.717) is 17.4 Å². The van der Waals surface area contributed by atoms with Gasteiger partial charge in [0.2, 0.25) is 5.91 Å². The van der Waals surface area contributed by atoms with Crippen molar-refractivity contribution in [3.63, 3.8) is 0 Å². The highest BCUT2D eigenvalue weighted by Crippen LogP contribution is 2.38. The molecule has 0 aliphatic carbocycles. The van der Waals surface area contributed by atoms with Gasteiger partial charge in [0.1, 0.15) is 19.3 Å². The second-order valence-electron chi connectivity index (χ2n) is 24.7. The van der Waals surface area contributed by atoms with Gasteiger partial charge in [-0.2, -0.15) is 0 Å². The van der Waals surface area contributed by atoms with Gasteiger partial charge in [0.15, 0.2) is 0 Å². The van der Waals surface area contributed by atoms with E-state index in [1.165, 1.54) is 231 Å². The second-order valence-corrected chi connectivity index (χ2v) is 26.1. The number of rotatable bonds is 63. The SMILES string of the molecule is CCCCCCCC/C=C/CCCCCCCCCCCCCCCCCC(=O)OC(/C=C\CCCCCCCCCCCC)C(COP(=O)([O-])OCC[N+](C)(C)C)NC(=O)CCCCCCC/C=C/CCCCCCCCC. The number of ether oxygens (including phenoxy) is 1. The normalized spacial score (nSPS) is 13.8. The number of allylic oxidation sites excluding steroid dienone is 5. The van der Waals surface area contributed by atoms with Gasteiger partial charge in [-0.1, -0.05) is 282 Å². The van der Waals surface area contributed by atoms with Crippen LogP contribution < -0.4 is 10.2 Å². The van der Waals surface area contributed by atoms with E-state index in [2.05, 4.69) is 50.4 Å². The molecular formula is C69H133N2O7P. The Morgan fingerprint density at radius 3 is 1.08 bits per heavy atom. The van der Waals surface area contributed by atoms with E-state index in [0.717, 1.165) is 77.0 Å². The first kappa shape index (κ1) is 77.2. The molecule has 0 rings (SSSR count). The van der Waals surface area contributed by atoms with Crippen LogP contribution in [-0.2, 0) is 27.9 Å². The highest BCUT2D eigenvalue weighted by molar-refractivity contribution is 7.45. The van der Waals surface area contributed by atoms with Crippen molar-refractivity contribution in [2.45, 2.75) is 354 Å². The maximum atomic E-state index is 13.5. The first-order valence-electron chi connectivity index (χ1n) is 34.3. The largest absolute Gasteiger partial charge is 0.756 e. The third-order valence-corrected chi connectivity index (χ3v) is 16.5. The van der Waals surface area contributed by atoms with Crippen molar-refractivity contribution in [3.8, 4) is 0 Å². The monoisotopic (exact) mass is 1130 g/mol. The molecule has 0 aromatic carbocycles. The second kappa shape index (κ2) is 59.4. The summed E-state index contributed by atoms with van der Waals surface area (Å²) in [4.78, 5) is 40.1. The van der Waals surface area contributed by atoms with Gasteiger partial charge in [0.05, 0.1) is 33.8 Å². The number of nitrogens with zero attached hydrogens (tertiary/aromatic N) is 1. The number of phosphoric acid groups is 1. The predicted molar refractivity (Wildman–Crippen MR) is 340 cm³/mol. The van der Waals surface area contributed by atoms with Gasteiger partial charge in [-0.15, -0.1) is 0 Å². The van der Waals surface area contributed by atoms with Crippen LogP contribution in [0.15, 0.2) is 36.5 Å². The number of hydrogen-bond donors (Lipinski definition) is 1. The number of nitrogens with one attached hydrogen (secondary N) is 1. The standard InChI is InChI=1S/C69H133N2O7P/c1-7-10-13-16-19-22-25-28-30-32-33-34-35-36-37-38-39-40-42-44-47-50-53-56-59-62-69(73)78-67(60-57-54-51-48-45-27-24-21-18-15-12-9-3)66(65-77-79(74,75)76-64-63-71(4,5)6)70-68(72)61-58-55-52-49-46-43-41-31-29-26-23-20-17-14-11-8-2/h28,30-31,41,57,60,66-67H,7-27,29,32-40,42-56,58-59,61-65H2,1-6H3,(H-,70,72,74,75)/b30-28+,41-31+,60-57-. The zero-order valence-corrected chi connectivity index (χ0v) is 54.2. The zero-order valence-electron chi connectivity index (χ0n) is 53.3. The van der Waals surface area contributed by atoms with Crippen LogP contribution in [0.3, 0.4) is 0 Å². The molecule has 0 saturated carbocycles. The molecule has 0 spiro atoms. The molecule has 0 saturated heterocycles. The fraction of sp³-hybridized carbons (Fsp3) is 0.884. The number of esters is 1. The molecule has 0 bridgehead atoms. The van der Waals surface area contributed by atoms with E-state index in [9.17, 15) is 19.0 Å². The molecule has 3 atom stereocenters. The Morgan fingerprint density at radius 1 is 0.430 bits per heavy atom. The maximum Gasteiger partial charge on any atom is 0.306 e. The van der Waals surface area contributed by atoms with Crippen molar-refractivity contribution < 1.29 is 37.3 Å². The lowest BCUT2D eigenvalue weighted by Gasteiger charge is -2.30. The molecule has 9 nitrogen and oxygen atoms in total. The first-order valence-corrected chi connectivity index (χ1v) is 35.8. The lowest BCUT2D eigenvalue weighted by atomic mass is 10.0. The molecule has 0 radical (unpaired) electrons. The molecule has 0 aliphatic rings. The van der Waals surface area contributed by atoms with Gasteiger partial charge in [-0.3, -0.25) is 14.2 Å². The Balaban J connectivity index is 5.05. The number of phosphoric ester groups is 1. The quantitative estimate of drug-likeness (QED) is 0.0212. The maximum absolute atomic E-state index is 13.5. The van der Waals surface area contributed by atoms with Crippen molar-refractivity contribution in [1.29, 1.82) is 0 Å². The molecule has 0 heterocycles. The molecule has 10 heteroatoms. The summed E-state index contributed by atoms with van der Waals surface area (Å²) in [7, 11) is 1.19. The van der Waals surface area contributed by atoms with Crippen LogP contribution >= 0.6 is 7.82 Å². The van der Waals surface area contributed by atoms with Gasteiger partial charge in [0, 0.05) is 12.8 Å². The van der Waals surface area contributed by atoms with Gasteiger partial charge in [-0.25, -0.2) is 0 Å². The minimum atomic E-state index is -4.70. The van der Waals surface area contributed by atoms with Crippen molar-refractivity contribution in [2.75, 3.05) is 40.9 Å². The van der Waals surface area contributed by atoms with E-state index in [1.807, 2.05) is 33.3 Å². The number of carbonyl (C=O) groups excluding carboxylic acids is 2. The summed E-state index contributed by atoms with van der Waals surface area (Å²) in [6, 6.07) is -0.889. The number of quaternary nitrogens is 1. The van der Waals surface area contributed by atoms with E-state index >= 15 is 0 Å². The lowest BCUT2D eigenvalue weighted by Crippen LogP contribution is -2.47. The molecule has 1 amide bonds. The van der Waals surface area contributed by atoms with Crippen LogP contribution in [0.25, 0.3) is 0 Å². The van der Waals surface area contributed by atoms with E-state index in [1.54, 1.807) is 0 Å². The van der Waals surface area contributed by atoms with Crippen LogP contribution in [0.1, 0.15) is 342 Å². The van der Waals surface area contributed by atoms with Crippen molar-refractivity contribution in [2.24, 2.45) is 0 Å². The fourth-order valence-electron chi connectivity index (χ4n) is 10.2. The molecular weight excluding hydrogens is 1000 g/mol. The molecule has 79 heavy (non-hydrogen) atoms. The van der Waals surface area contributed by atoms with E-state index < -0.39 is 20.0 Å². The fourth-order valence-corrected chi connectivity index (χ4v) is 10.9. The van der Waals surface area contributed by atoms with Crippen LogP contribution in [0, 0.1) is 0 Å². The summed E-state index contributed by atoms with van der Waals surface area (Å²) in [5.41, 5.74) is 0. The first-order chi connectivity index (χ1) is 38.4. The van der Waals surface area contributed by atoms with E-state index in [4.69, 9.17) is 13.8 Å². The van der Waals surface area contributed by atoms with Crippen LogP contribution in [-0.4, -0.2) is 69.4 Å². The molecule has 466 valence electrons. The van der Waals surface area contributed by atoms with Gasteiger partial charge >= 0.3 is 5.97 Å². The summed E-state index contributed by atoms with van der Waals surface area (Å²) in [5.74, 6) is -0.535. The lowest BCUT2D eigenvalue weighted by molar-refractivity contribution is -0.870. The Labute approximate surface area is 491 Å². The number of carbonyl (C=O) groups is 2. The molecule has 0 aromatic rings. The molecule has 1 N–H and O–H groups in total. The number of amides is 1. The van der Waals surface area contributed by atoms with Gasteiger partial charge in [0.25, 0.3) is 7.82 Å². The van der Waals surface area contributed by atoms with Crippen molar-refractivity contribution in [1.82, 2.24) is 5.32 Å². The highest BCUT2D eigenvalue weighted by atomic mass is 31.2. The highest BCUT2D eigenvalue weighted by Gasteiger charge is 2.27. The zero-order chi connectivity index (χ0) is 57.9. The topological polar surface area (TPSA) is 114 Å². The number of unbranched alkanes of at least 4 members (excludes halogenated alkanes) is 43. The Hall–Kier alpha value is -1.77. The minimum absolute atomic E-state index is 0.0215. The van der Waals surface area contributed by atoms with Crippen LogP contribution in [0.2, 0.25) is 0 Å². The summed E-state index contributed by atoms with van der Waals surface area (Å²) in [5, 5.41) is 3.04. The van der Waals surface area contributed by atoms with Crippen LogP contribution in [0.5, 0.6) is 0 Å². The summed E-state index contributed by atoms with van der Waals surface area (Å²) < 4.78 is 30.4. The third-order valence-electron chi connectivity index (χ3n) is 15.5. The van der Waals surface area contributed by atoms with Crippen molar-refractivity contribution in [3.05, 3.63) is 36.5 Å². The molecule has 0 aliphatic heterocycles. The minimum Gasteiger partial charge on any atom is -0.756 e. The average molecular weight is 1130 g/mol. The summed E-state index contributed by atoms with van der Waals surface area (Å²) >= 11 is 0. The molecule has 3 unspecified atom stereocenters. The third kappa shape index (κ3) is 60.6. The molecule has 0 aromatic heterocycles. The van der Waals surface area contributed by atoms with Crippen molar-refractivity contribution >= 4 is 19.7 Å². The molecule has 0 fully saturated rings. The van der Waals surface area contributed by atoms with Gasteiger partial charge < -0.3 is 28.5 Å². The number of likely N-dealkylation sites (N-methyl/N-ethyl adjacent to an activating group) is 1. The predicted octanol–water partition coefficient (Wildman–Crippen LogP) is 20.8. The Kier molecular flexibility index (Phi) is 58.1. The van der Waals surface area contributed by atoms with Crippen LogP contribution in [0.4, 0.5) is 0 Å². The Morgan fingerprint density at radius 2 is 0.734 bits per heavy atom. The summed E-state index contributed by atoms with van der Waals surface area (Å²) in [6.07, 6.45) is 72.7.